The SMILES string of the molecule is C1CCNCCCCNCCCC[N-]C1.Cl.Cl.Cl.[CH3-].[CH3-].[Ti+3]. The van der Waals surface area contributed by atoms with E-state index in [0.29, 0.717) is 0 Å². The minimum absolute atomic E-state index is 0. The molecule has 0 amide bonds. The van der Waals surface area contributed by atoms with Gasteiger partial charge in [0.2, 0.25) is 0 Å². The summed E-state index contributed by atoms with van der Waals surface area (Å²) in [6.07, 6.45) is 7.68. The van der Waals surface area contributed by atoms with E-state index >= 15 is 0 Å². The van der Waals surface area contributed by atoms with Crippen LogP contribution in [0.2, 0.25) is 0 Å². The molecule has 0 aromatic carbocycles. The van der Waals surface area contributed by atoms with Gasteiger partial charge in [-0.05, 0) is 51.9 Å². The van der Waals surface area contributed by atoms with Crippen LogP contribution in [-0.4, -0.2) is 39.3 Å². The van der Waals surface area contributed by atoms with Crippen LogP contribution < -0.4 is 10.6 Å². The summed E-state index contributed by atoms with van der Waals surface area (Å²) in [6, 6.07) is 0. The maximum atomic E-state index is 4.53. The van der Waals surface area contributed by atoms with Gasteiger partial charge in [-0.25, -0.2) is 0 Å². The number of halogens is 3. The van der Waals surface area contributed by atoms with Crippen LogP contribution in [0.15, 0.2) is 0 Å². The summed E-state index contributed by atoms with van der Waals surface area (Å²) in [4.78, 5) is 0. The topological polar surface area (TPSA) is 38.2 Å². The molecule has 1 rings (SSSR count). The average Bonchev–Trinajstić information content (AvgIpc) is 2.27. The molecule has 0 saturated carbocycles. The van der Waals surface area contributed by atoms with Crippen molar-refractivity contribution in [1.82, 2.24) is 10.6 Å². The summed E-state index contributed by atoms with van der Waals surface area (Å²) in [5.41, 5.74) is 0. The number of hydrogen-bond acceptors (Lipinski definition) is 2. The van der Waals surface area contributed by atoms with Crippen LogP contribution in [0.3, 0.4) is 0 Å². The minimum Gasteiger partial charge on any atom is -0.662 e. The fraction of sp³-hybridized carbons (Fsp3) is 0.857. The van der Waals surface area contributed by atoms with Gasteiger partial charge in [-0.3, -0.25) is 0 Å². The van der Waals surface area contributed by atoms with Crippen LogP contribution in [0.25, 0.3) is 5.32 Å². The summed E-state index contributed by atoms with van der Waals surface area (Å²) >= 11 is 0. The maximum Gasteiger partial charge on any atom is 3.00 e. The second-order valence-electron chi connectivity index (χ2n) is 4.29. The Bertz CT molecular complexity index is 88.0. The van der Waals surface area contributed by atoms with E-state index < -0.39 is 0 Å². The summed E-state index contributed by atoms with van der Waals surface area (Å²) in [7, 11) is 0. The van der Waals surface area contributed by atoms with Crippen LogP contribution in [-0.2, 0) is 21.7 Å². The molecule has 0 aliphatic carbocycles. The van der Waals surface area contributed by atoms with Crippen LogP contribution in [0.5, 0.6) is 0 Å². The predicted molar refractivity (Wildman–Crippen MR) is 101 cm³/mol. The zero-order valence-corrected chi connectivity index (χ0v) is 17.7. The number of rotatable bonds is 0. The van der Waals surface area contributed by atoms with Gasteiger partial charge in [0.1, 0.15) is 0 Å². The molecule has 0 aromatic heterocycles. The average molecular weight is 400 g/mol. The van der Waals surface area contributed by atoms with Crippen LogP contribution in [0.1, 0.15) is 38.5 Å². The second-order valence-corrected chi connectivity index (χ2v) is 4.29. The first kappa shape index (κ1) is 38.2. The summed E-state index contributed by atoms with van der Waals surface area (Å²) in [5.74, 6) is 0. The van der Waals surface area contributed by atoms with Crippen molar-refractivity contribution in [2.24, 2.45) is 0 Å². The molecule has 7 heteroatoms. The molecule has 2 N–H and O–H groups in total. The molecule has 1 fully saturated rings. The molecule has 1 heterocycles. The minimum atomic E-state index is 0. The van der Waals surface area contributed by atoms with E-state index in [1.165, 1.54) is 64.7 Å². The molecule has 1 aliphatic rings. The van der Waals surface area contributed by atoms with Crippen molar-refractivity contribution < 1.29 is 21.7 Å². The molecular weight excluding hydrogens is 364 g/mol. The molecule has 3 nitrogen and oxygen atoms in total. The second kappa shape index (κ2) is 33.2. The first-order valence-electron chi connectivity index (χ1n) is 6.55. The molecule has 21 heavy (non-hydrogen) atoms. The van der Waals surface area contributed by atoms with E-state index in [0.717, 1.165) is 13.1 Å². The molecule has 1 radical (unpaired) electrons. The normalized spacial score (nSPS) is 17.1. The smallest absolute Gasteiger partial charge is 0.662 e. The van der Waals surface area contributed by atoms with Crippen molar-refractivity contribution in [3.63, 3.8) is 0 Å². The molecule has 1 saturated heterocycles. The quantitative estimate of drug-likeness (QED) is 0.476. The Balaban J connectivity index is -0.0000000937. The Labute approximate surface area is 167 Å². The zero-order valence-electron chi connectivity index (χ0n) is 13.7. The van der Waals surface area contributed by atoms with Gasteiger partial charge in [-0.1, -0.05) is 12.8 Å². The summed E-state index contributed by atoms with van der Waals surface area (Å²) < 4.78 is 0. The van der Waals surface area contributed by atoms with Crippen molar-refractivity contribution in [3.8, 4) is 0 Å². The van der Waals surface area contributed by atoms with Crippen molar-refractivity contribution >= 4 is 37.2 Å². The molecular formula is C14H35Cl3N3Ti. The van der Waals surface area contributed by atoms with Crippen molar-refractivity contribution in [1.29, 1.82) is 0 Å². The monoisotopic (exact) mass is 398 g/mol. The number of nitrogens with zero attached hydrogens (tertiary/aromatic N) is 1. The summed E-state index contributed by atoms with van der Waals surface area (Å²) in [5, 5.41) is 11.5. The van der Waals surface area contributed by atoms with Crippen LogP contribution >= 0.6 is 37.2 Å². The molecule has 0 bridgehead atoms. The van der Waals surface area contributed by atoms with E-state index in [9.17, 15) is 0 Å². The first-order chi connectivity index (χ1) is 7.50. The van der Waals surface area contributed by atoms with Crippen molar-refractivity contribution in [2.45, 2.75) is 38.5 Å². The standard InChI is InChI=1S/C12H26N3.2CH3.3ClH.Ti/c1-2-8-14-10-5-6-12-15-11-4-3-9-13-7-1;;;;;;/h13-14H,1-12H2;2*1H3;3*1H;/q3*-1;;;;+3. The van der Waals surface area contributed by atoms with E-state index in [-0.39, 0.29) is 73.8 Å². The van der Waals surface area contributed by atoms with Gasteiger partial charge in [-0.2, -0.15) is 0 Å². The molecule has 1 aliphatic heterocycles. The molecule has 0 unspecified atom stereocenters. The Hall–Kier alpha value is 1.46. The Morgan fingerprint density at radius 1 is 0.524 bits per heavy atom. The molecule has 131 valence electrons. The Morgan fingerprint density at radius 3 is 1.14 bits per heavy atom. The van der Waals surface area contributed by atoms with E-state index in [1.807, 2.05) is 0 Å². The number of hydrogen-bond donors (Lipinski definition) is 2. The largest absolute Gasteiger partial charge is 3.00 e. The third-order valence-electron chi connectivity index (χ3n) is 2.80. The van der Waals surface area contributed by atoms with Gasteiger partial charge >= 0.3 is 21.7 Å². The van der Waals surface area contributed by atoms with Crippen LogP contribution in [0, 0.1) is 14.9 Å². The fourth-order valence-corrected chi connectivity index (χ4v) is 1.81. The van der Waals surface area contributed by atoms with Gasteiger partial charge in [0.05, 0.1) is 0 Å². The van der Waals surface area contributed by atoms with E-state index in [4.69, 9.17) is 0 Å². The van der Waals surface area contributed by atoms with Gasteiger partial charge < -0.3 is 30.8 Å². The Kier molecular flexibility index (Phi) is 60.3. The van der Waals surface area contributed by atoms with E-state index in [2.05, 4.69) is 16.0 Å². The van der Waals surface area contributed by atoms with Gasteiger partial charge in [0.15, 0.2) is 0 Å². The molecule has 0 spiro atoms. The third kappa shape index (κ3) is 30.0. The third-order valence-corrected chi connectivity index (χ3v) is 2.80. The number of nitrogens with one attached hydrogen (secondary N) is 2. The van der Waals surface area contributed by atoms with Gasteiger partial charge in [-0.15, -0.1) is 50.3 Å². The zero-order chi connectivity index (χ0) is 10.6. The predicted octanol–water partition coefficient (Wildman–Crippen LogP) is 4.06. The Morgan fingerprint density at radius 2 is 0.810 bits per heavy atom. The first-order valence-corrected chi connectivity index (χ1v) is 6.55. The van der Waals surface area contributed by atoms with Crippen molar-refractivity contribution in [2.75, 3.05) is 39.3 Å². The van der Waals surface area contributed by atoms with Gasteiger partial charge in [0, 0.05) is 0 Å². The summed E-state index contributed by atoms with van der Waals surface area (Å²) in [6.45, 7) is 6.83. The van der Waals surface area contributed by atoms with Crippen molar-refractivity contribution in [3.05, 3.63) is 20.2 Å². The van der Waals surface area contributed by atoms with E-state index in [1.54, 1.807) is 0 Å². The van der Waals surface area contributed by atoms with Crippen LogP contribution in [0.4, 0.5) is 0 Å². The molecule has 0 aromatic rings. The molecule has 0 atom stereocenters. The van der Waals surface area contributed by atoms with Gasteiger partial charge in [0.25, 0.3) is 0 Å². The maximum absolute atomic E-state index is 4.53. The fourth-order valence-electron chi connectivity index (χ4n) is 1.81.